The molecule has 5 heteroatoms. The molecule has 0 amide bonds. The molecule has 0 fully saturated rings. The lowest BCUT2D eigenvalue weighted by atomic mass is 10.0. The van der Waals surface area contributed by atoms with Gasteiger partial charge in [-0.3, -0.25) is 4.79 Å². The number of methoxy groups -OCH3 is 1. The Bertz CT molecular complexity index is 630. The second-order valence-corrected chi connectivity index (χ2v) is 5.45. The summed E-state index contributed by atoms with van der Waals surface area (Å²) in [4.78, 5) is 12.3. The lowest BCUT2D eigenvalue weighted by molar-refractivity contribution is 0.0993. The molecule has 0 atom stereocenters. The Balaban J connectivity index is 2.28. The normalized spacial score (nSPS) is 10.4. The van der Waals surface area contributed by atoms with Crippen LogP contribution in [0.2, 0.25) is 15.1 Å². The van der Waals surface area contributed by atoms with E-state index in [-0.39, 0.29) is 22.2 Å². The van der Waals surface area contributed by atoms with Crippen molar-refractivity contribution in [1.82, 2.24) is 0 Å². The third-order valence-corrected chi connectivity index (χ3v) is 3.60. The topological polar surface area (TPSA) is 26.3 Å². The molecular weight excluding hydrogens is 319 g/mol. The second-order valence-electron chi connectivity index (χ2n) is 4.20. The molecule has 0 saturated carbocycles. The maximum Gasteiger partial charge on any atom is 0.170 e. The van der Waals surface area contributed by atoms with Gasteiger partial charge in [0.05, 0.1) is 22.7 Å². The van der Waals surface area contributed by atoms with E-state index in [4.69, 9.17) is 39.5 Å². The lowest BCUT2D eigenvalue weighted by Crippen LogP contribution is -2.05. The first-order valence-corrected chi connectivity index (χ1v) is 6.95. The van der Waals surface area contributed by atoms with Gasteiger partial charge in [-0.1, -0.05) is 46.9 Å². The molecule has 2 nitrogen and oxygen atoms in total. The molecule has 0 unspecified atom stereocenters. The van der Waals surface area contributed by atoms with Crippen LogP contribution in [0.1, 0.15) is 15.9 Å². The highest BCUT2D eigenvalue weighted by molar-refractivity contribution is 6.42. The van der Waals surface area contributed by atoms with Gasteiger partial charge in [0.2, 0.25) is 0 Å². The van der Waals surface area contributed by atoms with Crippen LogP contribution in [0.15, 0.2) is 36.4 Å². The van der Waals surface area contributed by atoms with Gasteiger partial charge in [-0.25, -0.2) is 0 Å². The van der Waals surface area contributed by atoms with Crippen LogP contribution in [0.4, 0.5) is 0 Å². The van der Waals surface area contributed by atoms with E-state index in [1.807, 2.05) is 18.2 Å². The number of rotatable bonds is 4. The van der Waals surface area contributed by atoms with Crippen molar-refractivity contribution in [2.45, 2.75) is 6.42 Å². The van der Waals surface area contributed by atoms with Crippen LogP contribution >= 0.6 is 34.8 Å². The molecular formula is C15H11Cl3O2. The molecule has 2 aromatic rings. The smallest absolute Gasteiger partial charge is 0.170 e. The molecule has 0 spiro atoms. The third-order valence-electron chi connectivity index (χ3n) is 2.78. The van der Waals surface area contributed by atoms with Crippen molar-refractivity contribution in [3.63, 3.8) is 0 Å². The summed E-state index contributed by atoms with van der Waals surface area (Å²) in [5.41, 5.74) is 1.12. The monoisotopic (exact) mass is 328 g/mol. The van der Waals surface area contributed by atoms with E-state index in [9.17, 15) is 4.79 Å². The van der Waals surface area contributed by atoms with E-state index < -0.39 is 0 Å². The first-order chi connectivity index (χ1) is 9.51. The van der Waals surface area contributed by atoms with E-state index in [1.54, 1.807) is 13.2 Å². The SMILES string of the molecule is COc1cccc(CC(=O)c2c(Cl)cc(Cl)cc2Cl)c1. The van der Waals surface area contributed by atoms with Crippen molar-refractivity contribution in [1.29, 1.82) is 0 Å². The Morgan fingerprint density at radius 3 is 2.35 bits per heavy atom. The van der Waals surface area contributed by atoms with E-state index in [2.05, 4.69) is 0 Å². The van der Waals surface area contributed by atoms with Crippen LogP contribution in [-0.2, 0) is 6.42 Å². The summed E-state index contributed by atoms with van der Waals surface area (Å²) in [7, 11) is 1.58. The van der Waals surface area contributed by atoms with Gasteiger partial charge in [0.15, 0.2) is 5.78 Å². The Labute approximate surface area is 132 Å². The van der Waals surface area contributed by atoms with E-state index in [0.717, 1.165) is 5.56 Å². The number of benzene rings is 2. The quantitative estimate of drug-likeness (QED) is 0.731. The molecule has 2 rings (SSSR count). The average molecular weight is 330 g/mol. The van der Waals surface area contributed by atoms with Gasteiger partial charge in [-0.2, -0.15) is 0 Å². The Morgan fingerprint density at radius 2 is 1.75 bits per heavy atom. The first kappa shape index (κ1) is 15.2. The molecule has 20 heavy (non-hydrogen) atoms. The van der Waals surface area contributed by atoms with Gasteiger partial charge in [-0.15, -0.1) is 0 Å². The molecule has 0 aromatic heterocycles. The summed E-state index contributed by atoms with van der Waals surface area (Å²) in [5, 5.41) is 0.920. The molecule has 0 heterocycles. The van der Waals surface area contributed by atoms with E-state index in [0.29, 0.717) is 16.3 Å². The standard InChI is InChI=1S/C15H11Cl3O2/c1-20-11-4-2-3-9(5-11)6-14(19)15-12(17)7-10(16)8-13(15)18/h2-5,7-8H,6H2,1H3. The highest BCUT2D eigenvalue weighted by Gasteiger charge is 2.16. The Morgan fingerprint density at radius 1 is 1.10 bits per heavy atom. The van der Waals surface area contributed by atoms with E-state index in [1.165, 1.54) is 12.1 Å². The molecule has 0 aliphatic heterocycles. The number of hydrogen-bond acceptors (Lipinski definition) is 2. The van der Waals surface area contributed by atoms with Crippen molar-refractivity contribution in [2.24, 2.45) is 0 Å². The summed E-state index contributed by atoms with van der Waals surface area (Å²) >= 11 is 17.9. The zero-order chi connectivity index (χ0) is 14.7. The van der Waals surface area contributed by atoms with Crippen LogP contribution in [0.3, 0.4) is 0 Å². The van der Waals surface area contributed by atoms with Crippen LogP contribution in [0.25, 0.3) is 0 Å². The summed E-state index contributed by atoms with van der Waals surface area (Å²) in [6.45, 7) is 0. The maximum atomic E-state index is 12.3. The summed E-state index contributed by atoms with van der Waals surface area (Å²) in [5.74, 6) is 0.536. The number of ketones is 1. The van der Waals surface area contributed by atoms with Gasteiger partial charge in [0.25, 0.3) is 0 Å². The summed E-state index contributed by atoms with van der Waals surface area (Å²) in [6, 6.07) is 10.3. The number of ether oxygens (including phenoxy) is 1. The highest BCUT2D eigenvalue weighted by Crippen LogP contribution is 2.30. The lowest BCUT2D eigenvalue weighted by Gasteiger charge is -2.08. The number of Topliss-reactive ketones (excluding diaryl/α,β-unsaturated/α-hetero) is 1. The zero-order valence-electron chi connectivity index (χ0n) is 10.6. The Hall–Kier alpha value is -1.22. The molecule has 2 aromatic carbocycles. The van der Waals surface area contributed by atoms with Gasteiger partial charge in [0, 0.05) is 11.4 Å². The van der Waals surface area contributed by atoms with Crippen LogP contribution in [-0.4, -0.2) is 12.9 Å². The van der Waals surface area contributed by atoms with Crippen LogP contribution < -0.4 is 4.74 Å². The summed E-state index contributed by atoms with van der Waals surface area (Å²) in [6.07, 6.45) is 0.193. The van der Waals surface area contributed by atoms with Crippen molar-refractivity contribution in [2.75, 3.05) is 7.11 Å². The fraction of sp³-hybridized carbons (Fsp3) is 0.133. The average Bonchev–Trinajstić information content (AvgIpc) is 2.37. The molecule has 0 bridgehead atoms. The van der Waals surface area contributed by atoms with E-state index >= 15 is 0 Å². The predicted octanol–water partition coefficient (Wildman–Crippen LogP) is 5.08. The fourth-order valence-corrected chi connectivity index (χ4v) is 2.89. The molecule has 0 aliphatic rings. The van der Waals surface area contributed by atoms with Crippen molar-refractivity contribution < 1.29 is 9.53 Å². The van der Waals surface area contributed by atoms with Gasteiger partial charge >= 0.3 is 0 Å². The largest absolute Gasteiger partial charge is 0.497 e. The minimum atomic E-state index is -0.162. The zero-order valence-corrected chi connectivity index (χ0v) is 12.9. The van der Waals surface area contributed by atoms with Gasteiger partial charge < -0.3 is 4.74 Å². The number of carbonyl (C=O) groups excluding carboxylic acids is 1. The second kappa shape index (κ2) is 6.49. The molecule has 0 aliphatic carbocycles. The van der Waals surface area contributed by atoms with Crippen molar-refractivity contribution >= 4 is 40.6 Å². The minimum absolute atomic E-state index is 0.162. The number of carbonyl (C=O) groups is 1. The van der Waals surface area contributed by atoms with Crippen molar-refractivity contribution in [3.8, 4) is 5.75 Å². The van der Waals surface area contributed by atoms with Crippen molar-refractivity contribution in [3.05, 3.63) is 62.6 Å². The molecule has 0 N–H and O–H groups in total. The first-order valence-electron chi connectivity index (χ1n) is 5.82. The molecule has 0 radical (unpaired) electrons. The molecule has 104 valence electrons. The highest BCUT2D eigenvalue weighted by atomic mass is 35.5. The third kappa shape index (κ3) is 3.45. The number of hydrogen-bond donors (Lipinski definition) is 0. The van der Waals surface area contributed by atoms with Gasteiger partial charge in [0.1, 0.15) is 5.75 Å². The number of halogens is 3. The van der Waals surface area contributed by atoms with Crippen LogP contribution in [0.5, 0.6) is 5.75 Å². The fourth-order valence-electron chi connectivity index (χ4n) is 1.86. The maximum absolute atomic E-state index is 12.3. The summed E-state index contributed by atoms with van der Waals surface area (Å²) < 4.78 is 5.12. The van der Waals surface area contributed by atoms with Crippen LogP contribution in [0, 0.1) is 0 Å². The molecule has 0 saturated heterocycles. The Kier molecular flexibility index (Phi) is 4.92. The van der Waals surface area contributed by atoms with Gasteiger partial charge in [-0.05, 0) is 29.8 Å². The minimum Gasteiger partial charge on any atom is -0.497 e. The predicted molar refractivity (Wildman–Crippen MR) is 82.5 cm³/mol.